The van der Waals surface area contributed by atoms with Gasteiger partial charge in [0.15, 0.2) is 0 Å². The van der Waals surface area contributed by atoms with Crippen LogP contribution in [0.15, 0.2) is 49.1 Å². The van der Waals surface area contributed by atoms with Crippen LogP contribution in [0.4, 0.5) is 5.82 Å². The van der Waals surface area contributed by atoms with Gasteiger partial charge in [0, 0.05) is 27.6 Å². The predicted molar refractivity (Wildman–Crippen MR) is 169 cm³/mol. The lowest BCUT2D eigenvalue weighted by molar-refractivity contribution is 0.0703. The lowest BCUT2D eigenvalue weighted by Crippen LogP contribution is -2.61. The number of carbonyl (C=O) groups is 1. The van der Waals surface area contributed by atoms with E-state index in [1.54, 1.807) is 16.9 Å². The Morgan fingerprint density at radius 2 is 1.90 bits per heavy atom. The molecule has 0 atom stereocenters. The van der Waals surface area contributed by atoms with Crippen LogP contribution in [-0.2, 0) is 11.0 Å². The van der Waals surface area contributed by atoms with Crippen molar-refractivity contribution in [2.24, 2.45) is 0 Å². The third kappa shape index (κ3) is 6.19. The van der Waals surface area contributed by atoms with E-state index in [0.29, 0.717) is 23.6 Å². The molecule has 2 heterocycles. The number of aliphatic hydroxyl groups is 1. The highest BCUT2D eigenvalue weighted by Gasteiger charge is 2.58. The van der Waals surface area contributed by atoms with Crippen molar-refractivity contribution in [1.29, 1.82) is 0 Å². The van der Waals surface area contributed by atoms with Crippen molar-refractivity contribution >= 4 is 42.5 Å². The SMILES string of the molecule is CC(C)[Si](OC1(Nc2ncncc2C(=O)c2ccn(Cc3cccc(I)c3)n2)CCCC1)(C(C)C)C(C)(C)CO. The quantitative estimate of drug-likeness (QED) is 0.0944. The second kappa shape index (κ2) is 12.4. The maximum absolute atomic E-state index is 13.7. The second-order valence-electron chi connectivity index (χ2n) is 12.2. The van der Waals surface area contributed by atoms with E-state index in [4.69, 9.17) is 4.43 Å². The highest BCUT2D eigenvalue weighted by Crippen LogP contribution is 2.54. The first-order chi connectivity index (χ1) is 18.9. The van der Waals surface area contributed by atoms with Gasteiger partial charge in [0.1, 0.15) is 23.6 Å². The van der Waals surface area contributed by atoms with Gasteiger partial charge in [0.2, 0.25) is 14.1 Å². The van der Waals surface area contributed by atoms with E-state index >= 15 is 0 Å². The van der Waals surface area contributed by atoms with Gasteiger partial charge in [-0.15, -0.1) is 0 Å². The standard InChI is InChI=1S/C30H42IN5O3Si/c1-21(2)40(22(3)4,29(5,6)19-37)39-30(13-7-8-14-30)34-28-25(17-32-20-33-28)27(38)26-12-15-36(35-26)18-23-10-9-11-24(31)16-23/h9-12,15-17,20-22,37H,7-8,13-14,18-19H2,1-6H3,(H,32,33,34). The average molecular weight is 676 g/mol. The van der Waals surface area contributed by atoms with Gasteiger partial charge in [0.25, 0.3) is 0 Å². The predicted octanol–water partition coefficient (Wildman–Crippen LogP) is 6.79. The number of rotatable bonds is 12. The molecule has 1 fully saturated rings. The largest absolute Gasteiger partial charge is 0.396 e. The van der Waals surface area contributed by atoms with Crippen LogP contribution < -0.4 is 5.32 Å². The maximum atomic E-state index is 13.7. The van der Waals surface area contributed by atoms with E-state index in [2.05, 4.69) is 96.6 Å². The molecule has 10 heteroatoms. The molecule has 3 aromatic rings. The van der Waals surface area contributed by atoms with Crippen molar-refractivity contribution in [3.8, 4) is 0 Å². The molecule has 40 heavy (non-hydrogen) atoms. The fraction of sp³-hybridized carbons (Fsp3) is 0.533. The lowest BCUT2D eigenvalue weighted by atomic mass is 10.1. The topological polar surface area (TPSA) is 102 Å². The number of benzene rings is 1. The van der Waals surface area contributed by atoms with Gasteiger partial charge >= 0.3 is 0 Å². The van der Waals surface area contributed by atoms with Crippen LogP contribution in [0.3, 0.4) is 0 Å². The molecule has 0 bridgehead atoms. The van der Waals surface area contributed by atoms with Gasteiger partial charge < -0.3 is 14.8 Å². The van der Waals surface area contributed by atoms with Crippen molar-refractivity contribution in [1.82, 2.24) is 19.7 Å². The number of aromatic nitrogens is 4. The molecule has 4 rings (SSSR count). The lowest BCUT2D eigenvalue weighted by Gasteiger charge is -2.53. The molecule has 0 saturated heterocycles. The van der Waals surface area contributed by atoms with Crippen LogP contribution >= 0.6 is 22.6 Å². The molecule has 0 radical (unpaired) electrons. The Hall–Kier alpha value is -2.15. The zero-order valence-electron chi connectivity index (χ0n) is 24.4. The summed E-state index contributed by atoms with van der Waals surface area (Å²) >= 11 is 2.29. The molecule has 0 spiro atoms. The van der Waals surface area contributed by atoms with E-state index < -0.39 is 14.0 Å². The first-order valence-electron chi connectivity index (χ1n) is 14.1. The van der Waals surface area contributed by atoms with Crippen molar-refractivity contribution in [3.63, 3.8) is 0 Å². The number of aliphatic hydroxyl groups excluding tert-OH is 1. The van der Waals surface area contributed by atoms with Crippen LogP contribution in [0.2, 0.25) is 16.1 Å². The first kappa shape index (κ1) is 30.8. The van der Waals surface area contributed by atoms with Crippen LogP contribution in [0.1, 0.15) is 88.8 Å². The molecule has 8 nitrogen and oxygen atoms in total. The summed E-state index contributed by atoms with van der Waals surface area (Å²) in [7, 11) is -2.57. The van der Waals surface area contributed by atoms with Crippen LogP contribution in [0.5, 0.6) is 0 Å². The summed E-state index contributed by atoms with van der Waals surface area (Å²) in [5.41, 5.74) is 1.72. The van der Waals surface area contributed by atoms with E-state index in [1.165, 1.54) is 6.33 Å². The molecular weight excluding hydrogens is 633 g/mol. The number of hydrogen-bond acceptors (Lipinski definition) is 7. The number of hydrogen-bond donors (Lipinski definition) is 2. The third-order valence-corrected chi connectivity index (χ3v) is 15.5. The fourth-order valence-electron chi connectivity index (χ4n) is 6.59. The average Bonchev–Trinajstić information content (AvgIpc) is 3.57. The van der Waals surface area contributed by atoms with Gasteiger partial charge in [-0.2, -0.15) is 5.10 Å². The number of carbonyl (C=O) groups excluding carboxylic acids is 1. The molecule has 216 valence electrons. The van der Waals surface area contributed by atoms with Crippen molar-refractivity contribution in [2.45, 2.75) is 95.6 Å². The number of nitrogens with zero attached hydrogens (tertiary/aromatic N) is 4. The molecule has 2 N–H and O–H groups in total. The summed E-state index contributed by atoms with van der Waals surface area (Å²) in [6.45, 7) is 13.8. The Morgan fingerprint density at radius 3 is 2.52 bits per heavy atom. The Balaban J connectivity index is 1.64. The molecule has 1 aliphatic carbocycles. The van der Waals surface area contributed by atoms with E-state index in [9.17, 15) is 9.90 Å². The molecule has 2 aromatic heterocycles. The van der Waals surface area contributed by atoms with E-state index in [-0.39, 0.29) is 28.5 Å². The minimum atomic E-state index is -2.57. The fourth-order valence-corrected chi connectivity index (χ4v) is 13.6. The zero-order chi connectivity index (χ0) is 29.1. The smallest absolute Gasteiger partial charge is 0.218 e. The molecule has 0 unspecified atom stereocenters. The normalized spacial score (nSPS) is 15.7. The maximum Gasteiger partial charge on any atom is 0.218 e. The third-order valence-electron chi connectivity index (χ3n) is 8.35. The van der Waals surface area contributed by atoms with Crippen LogP contribution in [-0.4, -0.2) is 51.3 Å². The minimum Gasteiger partial charge on any atom is -0.396 e. The number of ketones is 1. The molecule has 1 aromatic carbocycles. The summed E-state index contributed by atoms with van der Waals surface area (Å²) in [5.74, 6) is 0.232. The summed E-state index contributed by atoms with van der Waals surface area (Å²) in [4.78, 5) is 22.4. The molecule has 1 aliphatic rings. The monoisotopic (exact) mass is 675 g/mol. The molecular formula is C30H42IN5O3Si. The summed E-state index contributed by atoms with van der Waals surface area (Å²) in [5, 5.41) is 18.3. The Morgan fingerprint density at radius 1 is 1.20 bits per heavy atom. The minimum absolute atomic E-state index is 0.0632. The Labute approximate surface area is 252 Å². The second-order valence-corrected chi connectivity index (χ2v) is 18.9. The molecule has 0 aliphatic heterocycles. The molecule has 0 amide bonds. The Bertz CT molecular complexity index is 1310. The van der Waals surface area contributed by atoms with E-state index in [0.717, 1.165) is 34.8 Å². The van der Waals surface area contributed by atoms with Gasteiger partial charge in [-0.25, -0.2) is 9.97 Å². The zero-order valence-corrected chi connectivity index (χ0v) is 27.6. The van der Waals surface area contributed by atoms with Gasteiger partial charge in [-0.1, -0.05) is 53.7 Å². The van der Waals surface area contributed by atoms with Crippen LogP contribution in [0, 0.1) is 3.57 Å². The highest BCUT2D eigenvalue weighted by atomic mass is 127. The van der Waals surface area contributed by atoms with Crippen molar-refractivity contribution < 1.29 is 14.3 Å². The van der Waals surface area contributed by atoms with Gasteiger partial charge in [0.05, 0.1) is 12.1 Å². The van der Waals surface area contributed by atoms with Gasteiger partial charge in [-0.3, -0.25) is 9.48 Å². The summed E-state index contributed by atoms with van der Waals surface area (Å²) < 4.78 is 10.3. The van der Waals surface area contributed by atoms with Crippen molar-refractivity contribution in [2.75, 3.05) is 11.9 Å². The number of nitrogens with one attached hydrogen (secondary N) is 1. The number of halogens is 1. The van der Waals surface area contributed by atoms with Crippen molar-refractivity contribution in [3.05, 3.63) is 69.4 Å². The number of anilines is 1. The van der Waals surface area contributed by atoms with Gasteiger partial charge in [-0.05, 0) is 83.1 Å². The van der Waals surface area contributed by atoms with E-state index in [1.807, 2.05) is 18.3 Å². The molecule has 1 saturated carbocycles. The highest BCUT2D eigenvalue weighted by molar-refractivity contribution is 14.1. The summed E-state index contributed by atoms with van der Waals surface area (Å²) in [6, 6.07) is 9.97. The summed E-state index contributed by atoms with van der Waals surface area (Å²) in [6.07, 6.45) is 8.51. The Kier molecular flexibility index (Phi) is 9.53. The van der Waals surface area contributed by atoms with Crippen LogP contribution in [0.25, 0.3) is 0 Å². The first-order valence-corrected chi connectivity index (χ1v) is 17.3.